The third-order valence-corrected chi connectivity index (χ3v) is 3.85. The third-order valence-electron chi connectivity index (χ3n) is 3.16. The summed E-state index contributed by atoms with van der Waals surface area (Å²) in [6, 6.07) is 8.82. The molecule has 2 aromatic rings. The third kappa shape index (κ3) is 3.38. The molecule has 3 rings (SSSR count). The van der Waals surface area contributed by atoms with Crippen molar-refractivity contribution in [1.82, 2.24) is 5.32 Å². The zero-order valence-corrected chi connectivity index (χ0v) is 13.4. The number of nitriles is 1. The van der Waals surface area contributed by atoms with Crippen LogP contribution in [-0.4, -0.2) is 12.7 Å². The minimum Gasteiger partial charge on any atom is -0.467 e. The molecule has 0 unspecified atom stereocenters. The molecular weight excluding hydrogens is 364 g/mol. The minimum atomic E-state index is -0.478. The molecule has 0 bridgehead atoms. The Labute approximate surface area is 140 Å². The lowest BCUT2D eigenvalue weighted by molar-refractivity contribution is -0.117. The van der Waals surface area contributed by atoms with Gasteiger partial charge in [-0.1, -0.05) is 15.9 Å². The van der Waals surface area contributed by atoms with E-state index in [4.69, 9.17) is 13.9 Å². The van der Waals surface area contributed by atoms with Gasteiger partial charge in [-0.05, 0) is 35.9 Å². The Morgan fingerprint density at radius 1 is 1.39 bits per heavy atom. The largest absolute Gasteiger partial charge is 0.467 e. The van der Waals surface area contributed by atoms with Crippen LogP contribution in [-0.2, 0) is 11.3 Å². The number of amides is 1. The highest BCUT2D eigenvalue weighted by atomic mass is 79.9. The number of fused-ring (bicyclic) bond motifs is 1. The van der Waals surface area contributed by atoms with Gasteiger partial charge in [0.1, 0.15) is 17.4 Å². The summed E-state index contributed by atoms with van der Waals surface area (Å²) in [5.41, 5.74) is 0.634. The zero-order valence-electron chi connectivity index (χ0n) is 11.8. The lowest BCUT2D eigenvalue weighted by Gasteiger charge is -2.04. The number of hydrogen-bond acceptors (Lipinski definition) is 5. The van der Waals surface area contributed by atoms with E-state index in [0.717, 1.165) is 0 Å². The first-order valence-electron chi connectivity index (χ1n) is 6.69. The van der Waals surface area contributed by atoms with Crippen LogP contribution in [0.4, 0.5) is 0 Å². The minimum absolute atomic E-state index is 0.0175. The summed E-state index contributed by atoms with van der Waals surface area (Å²) in [6.07, 6.45) is 3.01. The van der Waals surface area contributed by atoms with Gasteiger partial charge in [0.25, 0.3) is 5.91 Å². The van der Waals surface area contributed by atoms with Gasteiger partial charge in [-0.15, -0.1) is 0 Å². The Balaban J connectivity index is 1.79. The molecule has 1 aliphatic heterocycles. The van der Waals surface area contributed by atoms with E-state index in [2.05, 4.69) is 21.2 Å². The highest BCUT2D eigenvalue weighted by Crippen LogP contribution is 2.37. The van der Waals surface area contributed by atoms with E-state index in [9.17, 15) is 10.1 Å². The first kappa shape index (κ1) is 15.2. The van der Waals surface area contributed by atoms with Crippen LogP contribution in [0.25, 0.3) is 6.08 Å². The molecule has 0 aliphatic carbocycles. The number of furan rings is 1. The summed E-state index contributed by atoms with van der Waals surface area (Å²) in [4.78, 5) is 12.1. The number of hydrogen-bond donors (Lipinski definition) is 1. The second-order valence-corrected chi connectivity index (χ2v) is 5.51. The second-order valence-electron chi connectivity index (χ2n) is 4.66. The number of benzene rings is 1. The van der Waals surface area contributed by atoms with E-state index in [1.807, 2.05) is 6.07 Å². The Morgan fingerprint density at radius 2 is 2.17 bits per heavy atom. The van der Waals surface area contributed by atoms with Crippen molar-refractivity contribution in [2.75, 3.05) is 6.79 Å². The van der Waals surface area contributed by atoms with E-state index < -0.39 is 5.91 Å². The highest BCUT2D eigenvalue weighted by Gasteiger charge is 2.17. The summed E-state index contributed by atoms with van der Waals surface area (Å²) in [7, 11) is 0. The van der Waals surface area contributed by atoms with Crippen LogP contribution in [0.15, 0.2) is 45.0 Å². The average molecular weight is 375 g/mol. The van der Waals surface area contributed by atoms with Gasteiger partial charge in [-0.25, -0.2) is 0 Å². The summed E-state index contributed by atoms with van der Waals surface area (Å²) < 4.78 is 16.4. The fourth-order valence-electron chi connectivity index (χ4n) is 2.02. The number of nitrogens with zero attached hydrogens (tertiary/aromatic N) is 1. The van der Waals surface area contributed by atoms with Crippen molar-refractivity contribution in [2.45, 2.75) is 6.54 Å². The molecule has 0 spiro atoms. The van der Waals surface area contributed by atoms with E-state index in [1.165, 1.54) is 12.3 Å². The summed E-state index contributed by atoms with van der Waals surface area (Å²) >= 11 is 3.39. The molecule has 0 atom stereocenters. The molecule has 0 saturated heterocycles. The molecule has 2 heterocycles. The normalized spacial score (nSPS) is 12.8. The Kier molecular flexibility index (Phi) is 4.35. The Bertz CT molecular complexity index is 806. The lowest BCUT2D eigenvalue weighted by Crippen LogP contribution is -2.23. The number of carbonyl (C=O) groups is 1. The molecule has 1 N–H and O–H groups in total. The fourth-order valence-corrected chi connectivity index (χ4v) is 2.46. The molecular formula is C16H11BrN2O4. The molecule has 1 aliphatic rings. The Hall–Kier alpha value is -2.72. The number of carbonyl (C=O) groups excluding carboxylic acids is 1. The van der Waals surface area contributed by atoms with E-state index in [1.54, 1.807) is 24.3 Å². The molecule has 1 amide bonds. The van der Waals surface area contributed by atoms with Crippen molar-refractivity contribution in [3.05, 3.63) is 51.9 Å². The number of nitrogens with one attached hydrogen (secondary N) is 1. The fraction of sp³-hybridized carbons (Fsp3) is 0.125. The number of halogens is 1. The lowest BCUT2D eigenvalue weighted by atomic mass is 10.1. The predicted molar refractivity (Wildman–Crippen MR) is 84.4 cm³/mol. The number of rotatable bonds is 4. The molecule has 116 valence electrons. The van der Waals surface area contributed by atoms with Crippen molar-refractivity contribution in [2.24, 2.45) is 0 Å². The maximum Gasteiger partial charge on any atom is 0.262 e. The van der Waals surface area contributed by atoms with Crippen LogP contribution in [0.2, 0.25) is 0 Å². The molecule has 1 aromatic carbocycles. The van der Waals surface area contributed by atoms with Gasteiger partial charge >= 0.3 is 0 Å². The Morgan fingerprint density at radius 3 is 2.87 bits per heavy atom. The maximum atomic E-state index is 12.1. The average Bonchev–Trinajstić information content (AvgIpc) is 3.21. The second kappa shape index (κ2) is 6.58. The topological polar surface area (TPSA) is 84.5 Å². The molecule has 0 fully saturated rings. The van der Waals surface area contributed by atoms with E-state index in [0.29, 0.717) is 27.3 Å². The van der Waals surface area contributed by atoms with Crippen LogP contribution in [0.1, 0.15) is 11.3 Å². The summed E-state index contributed by atoms with van der Waals surface area (Å²) in [5.74, 6) is 1.33. The number of ether oxygens (including phenoxy) is 2. The molecule has 7 heteroatoms. The monoisotopic (exact) mass is 374 g/mol. The van der Waals surface area contributed by atoms with Crippen LogP contribution < -0.4 is 14.8 Å². The van der Waals surface area contributed by atoms with Crippen LogP contribution >= 0.6 is 15.9 Å². The van der Waals surface area contributed by atoms with Crippen molar-refractivity contribution < 1.29 is 18.7 Å². The first-order valence-corrected chi connectivity index (χ1v) is 7.48. The van der Waals surface area contributed by atoms with Gasteiger partial charge in [-0.3, -0.25) is 4.79 Å². The van der Waals surface area contributed by atoms with Gasteiger partial charge in [0.15, 0.2) is 11.5 Å². The van der Waals surface area contributed by atoms with Gasteiger partial charge in [0.05, 0.1) is 12.8 Å². The van der Waals surface area contributed by atoms with Crippen LogP contribution in [0.3, 0.4) is 0 Å². The zero-order chi connectivity index (χ0) is 16.2. The van der Waals surface area contributed by atoms with Gasteiger partial charge in [-0.2, -0.15) is 5.26 Å². The molecule has 0 radical (unpaired) electrons. The van der Waals surface area contributed by atoms with Crippen molar-refractivity contribution in [3.63, 3.8) is 0 Å². The van der Waals surface area contributed by atoms with Crippen LogP contribution in [0.5, 0.6) is 11.5 Å². The van der Waals surface area contributed by atoms with Crippen molar-refractivity contribution in [1.29, 1.82) is 5.26 Å². The van der Waals surface area contributed by atoms with Gasteiger partial charge in [0.2, 0.25) is 6.79 Å². The van der Waals surface area contributed by atoms with Gasteiger partial charge < -0.3 is 19.2 Å². The molecule has 23 heavy (non-hydrogen) atoms. The SMILES string of the molecule is N#C/C(=C\c1cc2c(cc1Br)OCO2)C(=O)NCc1ccco1. The molecule has 6 nitrogen and oxygen atoms in total. The van der Waals surface area contributed by atoms with Crippen molar-refractivity contribution in [3.8, 4) is 17.6 Å². The molecule has 0 saturated carbocycles. The first-order chi connectivity index (χ1) is 11.2. The molecule has 1 aromatic heterocycles. The maximum absolute atomic E-state index is 12.1. The van der Waals surface area contributed by atoms with Gasteiger partial charge in [0, 0.05) is 4.47 Å². The highest BCUT2D eigenvalue weighted by molar-refractivity contribution is 9.10. The quantitative estimate of drug-likeness (QED) is 0.656. The standard InChI is InChI=1S/C16H11BrN2O4/c17-13-6-15-14(22-9-23-15)5-10(13)4-11(7-18)16(20)19-8-12-2-1-3-21-12/h1-6H,8-9H2,(H,19,20)/b11-4+. The smallest absolute Gasteiger partial charge is 0.262 e. The predicted octanol–water partition coefficient (Wildman–Crippen LogP) is 2.99. The van der Waals surface area contributed by atoms with E-state index >= 15 is 0 Å². The van der Waals surface area contributed by atoms with Crippen molar-refractivity contribution >= 4 is 27.9 Å². The summed E-state index contributed by atoms with van der Waals surface area (Å²) in [6.45, 7) is 0.372. The van der Waals surface area contributed by atoms with E-state index in [-0.39, 0.29) is 18.9 Å². The summed E-state index contributed by atoms with van der Waals surface area (Å²) in [5, 5.41) is 11.9. The van der Waals surface area contributed by atoms with Crippen LogP contribution in [0, 0.1) is 11.3 Å².